The minimum absolute atomic E-state index is 0.0620. The molecule has 1 aliphatic heterocycles. The normalized spacial score (nSPS) is 19.6. The number of carbonyl (C=O) groups excluding carboxylic acids is 1. The summed E-state index contributed by atoms with van der Waals surface area (Å²) in [5.74, 6) is -0.0620. The summed E-state index contributed by atoms with van der Waals surface area (Å²) in [7, 11) is -0.369. The number of hydrogen-bond acceptors (Lipinski definition) is 3. The SMILES string of the molecule is CCc1cc(B2OC(C)(C)C(C)(C)O2)ccc1NC(C)=O. The molecule has 1 aromatic rings. The quantitative estimate of drug-likeness (QED) is 0.870. The van der Waals surface area contributed by atoms with Gasteiger partial charge < -0.3 is 14.6 Å². The Morgan fingerprint density at radius 1 is 1.19 bits per heavy atom. The van der Waals surface area contributed by atoms with Gasteiger partial charge in [0.15, 0.2) is 0 Å². The standard InChI is InChI=1S/C16H24BNO3/c1-7-12-10-13(8-9-14(12)18-11(2)19)17-20-15(3,4)16(5,6)21-17/h8-10H,7H2,1-6H3,(H,18,19). The van der Waals surface area contributed by atoms with Crippen LogP contribution in [0.5, 0.6) is 0 Å². The largest absolute Gasteiger partial charge is 0.494 e. The number of hydrogen-bond donors (Lipinski definition) is 1. The Bertz CT molecular complexity index is 538. The smallest absolute Gasteiger partial charge is 0.399 e. The molecule has 5 heteroatoms. The number of amides is 1. The van der Waals surface area contributed by atoms with Crippen LogP contribution < -0.4 is 10.8 Å². The van der Waals surface area contributed by atoms with E-state index >= 15 is 0 Å². The van der Waals surface area contributed by atoms with Gasteiger partial charge in [0.05, 0.1) is 11.2 Å². The van der Waals surface area contributed by atoms with E-state index < -0.39 is 0 Å². The second-order valence-corrected chi connectivity index (χ2v) is 6.54. The van der Waals surface area contributed by atoms with E-state index in [0.717, 1.165) is 23.1 Å². The second-order valence-electron chi connectivity index (χ2n) is 6.54. The maximum atomic E-state index is 11.2. The molecule has 0 radical (unpaired) electrons. The third kappa shape index (κ3) is 3.14. The van der Waals surface area contributed by atoms with Crippen LogP contribution >= 0.6 is 0 Å². The molecule has 1 amide bonds. The van der Waals surface area contributed by atoms with Gasteiger partial charge in [-0.1, -0.05) is 19.1 Å². The Kier molecular flexibility index (Phi) is 4.18. The van der Waals surface area contributed by atoms with Crippen molar-refractivity contribution in [1.82, 2.24) is 0 Å². The fraction of sp³-hybridized carbons (Fsp3) is 0.562. The molecule has 2 rings (SSSR count). The van der Waals surface area contributed by atoms with Crippen molar-refractivity contribution in [1.29, 1.82) is 0 Å². The molecule has 1 aromatic carbocycles. The molecule has 1 aliphatic rings. The number of benzene rings is 1. The van der Waals surface area contributed by atoms with Gasteiger partial charge in [0.1, 0.15) is 0 Å². The van der Waals surface area contributed by atoms with Crippen LogP contribution in [0.1, 0.15) is 47.1 Å². The average Bonchev–Trinajstić information content (AvgIpc) is 2.58. The summed E-state index contributed by atoms with van der Waals surface area (Å²) in [6.07, 6.45) is 0.836. The first-order valence-electron chi connectivity index (χ1n) is 7.42. The van der Waals surface area contributed by atoms with Gasteiger partial charge in [0, 0.05) is 12.6 Å². The molecule has 0 atom stereocenters. The highest BCUT2D eigenvalue weighted by atomic mass is 16.7. The van der Waals surface area contributed by atoms with Gasteiger partial charge in [-0.2, -0.15) is 0 Å². The third-order valence-corrected chi connectivity index (χ3v) is 4.35. The van der Waals surface area contributed by atoms with Crippen LogP contribution in [0, 0.1) is 0 Å². The van der Waals surface area contributed by atoms with E-state index in [9.17, 15) is 4.79 Å². The van der Waals surface area contributed by atoms with E-state index in [1.165, 1.54) is 6.92 Å². The van der Waals surface area contributed by atoms with Crippen molar-refractivity contribution in [2.75, 3.05) is 5.32 Å². The topological polar surface area (TPSA) is 47.6 Å². The van der Waals surface area contributed by atoms with Gasteiger partial charge in [-0.3, -0.25) is 4.79 Å². The van der Waals surface area contributed by atoms with Crippen molar-refractivity contribution in [3.8, 4) is 0 Å². The lowest BCUT2D eigenvalue weighted by Crippen LogP contribution is -2.41. The zero-order valence-corrected chi connectivity index (χ0v) is 13.7. The predicted molar refractivity (Wildman–Crippen MR) is 85.8 cm³/mol. The Morgan fingerprint density at radius 3 is 2.24 bits per heavy atom. The lowest BCUT2D eigenvalue weighted by molar-refractivity contribution is -0.114. The van der Waals surface area contributed by atoms with Crippen molar-refractivity contribution in [2.45, 2.75) is 59.2 Å². The number of aryl methyl sites for hydroxylation is 1. The molecule has 0 spiro atoms. The maximum Gasteiger partial charge on any atom is 0.494 e. The van der Waals surface area contributed by atoms with E-state index in [2.05, 4.69) is 12.2 Å². The highest BCUT2D eigenvalue weighted by molar-refractivity contribution is 6.62. The van der Waals surface area contributed by atoms with Gasteiger partial charge in [-0.15, -0.1) is 0 Å². The van der Waals surface area contributed by atoms with Crippen LogP contribution in [0.2, 0.25) is 0 Å². The van der Waals surface area contributed by atoms with Gasteiger partial charge in [0.25, 0.3) is 0 Å². The highest BCUT2D eigenvalue weighted by Gasteiger charge is 2.51. The van der Waals surface area contributed by atoms with E-state index in [4.69, 9.17) is 9.31 Å². The van der Waals surface area contributed by atoms with Crippen LogP contribution in [0.25, 0.3) is 0 Å². The molecule has 1 N–H and O–H groups in total. The Balaban J connectivity index is 2.28. The summed E-state index contributed by atoms with van der Waals surface area (Å²) < 4.78 is 12.1. The van der Waals surface area contributed by atoms with E-state index in [0.29, 0.717) is 0 Å². The first-order chi connectivity index (χ1) is 9.66. The molecule has 1 heterocycles. The number of nitrogens with one attached hydrogen (secondary N) is 1. The molecule has 0 saturated carbocycles. The number of rotatable bonds is 3. The number of carbonyl (C=O) groups is 1. The zero-order valence-electron chi connectivity index (χ0n) is 13.7. The van der Waals surface area contributed by atoms with Crippen LogP contribution in [0.15, 0.2) is 18.2 Å². The fourth-order valence-electron chi connectivity index (χ4n) is 2.34. The summed E-state index contributed by atoms with van der Waals surface area (Å²) >= 11 is 0. The second kappa shape index (κ2) is 5.46. The number of anilines is 1. The fourth-order valence-corrected chi connectivity index (χ4v) is 2.34. The Morgan fingerprint density at radius 2 is 1.76 bits per heavy atom. The first kappa shape index (κ1) is 16.1. The third-order valence-electron chi connectivity index (χ3n) is 4.35. The molecule has 1 saturated heterocycles. The molecule has 21 heavy (non-hydrogen) atoms. The minimum atomic E-state index is -0.369. The molecule has 0 aromatic heterocycles. The Labute approximate surface area is 127 Å². The summed E-state index contributed by atoms with van der Waals surface area (Å²) in [5.41, 5.74) is 2.23. The van der Waals surface area contributed by atoms with Crippen LogP contribution in [0.3, 0.4) is 0 Å². The van der Waals surface area contributed by atoms with E-state index in [1.807, 2.05) is 45.9 Å². The zero-order chi connectivity index (χ0) is 15.8. The van der Waals surface area contributed by atoms with Gasteiger partial charge in [-0.05, 0) is 51.2 Å². The molecule has 0 aliphatic carbocycles. The lowest BCUT2D eigenvalue weighted by atomic mass is 9.78. The van der Waals surface area contributed by atoms with Crippen LogP contribution in [-0.2, 0) is 20.5 Å². The van der Waals surface area contributed by atoms with Crippen molar-refractivity contribution in [3.63, 3.8) is 0 Å². The monoisotopic (exact) mass is 289 g/mol. The van der Waals surface area contributed by atoms with E-state index in [-0.39, 0.29) is 24.2 Å². The van der Waals surface area contributed by atoms with Crippen molar-refractivity contribution in [2.24, 2.45) is 0 Å². The summed E-state index contributed by atoms with van der Waals surface area (Å²) in [5, 5.41) is 2.85. The summed E-state index contributed by atoms with van der Waals surface area (Å²) in [6.45, 7) is 11.7. The molecular formula is C16H24BNO3. The Hall–Kier alpha value is -1.33. The summed E-state index contributed by atoms with van der Waals surface area (Å²) in [4.78, 5) is 11.2. The predicted octanol–water partition coefficient (Wildman–Crippen LogP) is 2.51. The minimum Gasteiger partial charge on any atom is -0.399 e. The van der Waals surface area contributed by atoms with Gasteiger partial charge >= 0.3 is 7.12 Å². The molecule has 4 nitrogen and oxygen atoms in total. The van der Waals surface area contributed by atoms with Crippen molar-refractivity contribution >= 4 is 24.2 Å². The summed E-state index contributed by atoms with van der Waals surface area (Å²) in [6, 6.07) is 5.92. The molecular weight excluding hydrogens is 265 g/mol. The first-order valence-corrected chi connectivity index (χ1v) is 7.42. The maximum absolute atomic E-state index is 11.2. The molecule has 1 fully saturated rings. The van der Waals surface area contributed by atoms with E-state index in [1.54, 1.807) is 0 Å². The van der Waals surface area contributed by atoms with Crippen molar-refractivity contribution in [3.05, 3.63) is 23.8 Å². The average molecular weight is 289 g/mol. The van der Waals surface area contributed by atoms with Crippen LogP contribution in [0.4, 0.5) is 5.69 Å². The van der Waals surface area contributed by atoms with Crippen molar-refractivity contribution < 1.29 is 14.1 Å². The van der Waals surface area contributed by atoms with Crippen LogP contribution in [-0.4, -0.2) is 24.2 Å². The molecule has 114 valence electrons. The molecule has 0 bridgehead atoms. The van der Waals surface area contributed by atoms with Gasteiger partial charge in [0.2, 0.25) is 5.91 Å². The molecule has 0 unspecified atom stereocenters. The van der Waals surface area contributed by atoms with Gasteiger partial charge in [-0.25, -0.2) is 0 Å². The highest BCUT2D eigenvalue weighted by Crippen LogP contribution is 2.36. The lowest BCUT2D eigenvalue weighted by Gasteiger charge is -2.32.